The molecule has 0 aliphatic rings. The highest BCUT2D eigenvalue weighted by Crippen LogP contribution is 2.10. The number of aromatic nitrogens is 3. The standard InChI is InChI=1S/C10H20N8O/c1-6(2)13-7(19)5-12-8-14-9(17-11)16-10(15-8)18(3)4/h6H,5,11H2,1-4H3,(H,13,19)(H2,12,14,15,16,17). The van der Waals surface area contributed by atoms with Gasteiger partial charge in [0.2, 0.25) is 23.8 Å². The van der Waals surface area contributed by atoms with Crippen LogP contribution in [0, 0.1) is 0 Å². The van der Waals surface area contributed by atoms with Crippen LogP contribution in [0.25, 0.3) is 0 Å². The molecule has 19 heavy (non-hydrogen) atoms. The number of rotatable bonds is 6. The van der Waals surface area contributed by atoms with Crippen molar-refractivity contribution in [2.45, 2.75) is 19.9 Å². The third-order valence-electron chi connectivity index (χ3n) is 2.01. The lowest BCUT2D eigenvalue weighted by atomic mass is 10.4. The van der Waals surface area contributed by atoms with Crippen LogP contribution in [-0.4, -0.2) is 47.5 Å². The number of nitrogens with two attached hydrogens (primary N) is 1. The molecule has 0 saturated carbocycles. The van der Waals surface area contributed by atoms with Crippen LogP contribution in [0.15, 0.2) is 0 Å². The zero-order valence-corrected chi connectivity index (χ0v) is 11.6. The normalized spacial score (nSPS) is 10.2. The van der Waals surface area contributed by atoms with E-state index in [0.717, 1.165) is 0 Å². The fourth-order valence-corrected chi connectivity index (χ4v) is 1.24. The van der Waals surface area contributed by atoms with E-state index in [0.29, 0.717) is 5.95 Å². The largest absolute Gasteiger partial charge is 0.352 e. The van der Waals surface area contributed by atoms with Gasteiger partial charge in [-0.3, -0.25) is 10.2 Å². The molecule has 0 fully saturated rings. The van der Waals surface area contributed by atoms with Gasteiger partial charge in [-0.05, 0) is 13.8 Å². The Morgan fingerprint density at radius 2 is 1.89 bits per heavy atom. The molecule has 1 rings (SSSR count). The lowest BCUT2D eigenvalue weighted by Crippen LogP contribution is -2.35. The van der Waals surface area contributed by atoms with Crippen LogP contribution in [0.2, 0.25) is 0 Å². The van der Waals surface area contributed by atoms with Crippen molar-refractivity contribution >= 4 is 23.8 Å². The average Bonchev–Trinajstić information content (AvgIpc) is 2.35. The van der Waals surface area contributed by atoms with E-state index in [1.165, 1.54) is 0 Å². The minimum Gasteiger partial charge on any atom is -0.352 e. The molecule has 0 aromatic carbocycles. The summed E-state index contributed by atoms with van der Waals surface area (Å²) in [5, 5.41) is 5.58. The molecule has 1 aromatic heterocycles. The Hall–Kier alpha value is -2.16. The molecule has 0 radical (unpaired) electrons. The molecule has 0 atom stereocenters. The number of hydrogen-bond donors (Lipinski definition) is 4. The van der Waals surface area contributed by atoms with E-state index >= 15 is 0 Å². The van der Waals surface area contributed by atoms with Gasteiger partial charge in [0.25, 0.3) is 0 Å². The lowest BCUT2D eigenvalue weighted by molar-refractivity contribution is -0.119. The van der Waals surface area contributed by atoms with Gasteiger partial charge in [0.1, 0.15) is 0 Å². The summed E-state index contributed by atoms with van der Waals surface area (Å²) in [6.45, 7) is 3.86. The molecule has 0 unspecified atom stereocenters. The van der Waals surface area contributed by atoms with Crippen molar-refractivity contribution in [1.29, 1.82) is 0 Å². The summed E-state index contributed by atoms with van der Waals surface area (Å²) in [4.78, 5) is 25.4. The van der Waals surface area contributed by atoms with Gasteiger partial charge in [-0.2, -0.15) is 15.0 Å². The SMILES string of the molecule is CC(C)NC(=O)CNc1nc(NN)nc(N(C)C)n1. The Morgan fingerprint density at radius 3 is 2.42 bits per heavy atom. The van der Waals surface area contributed by atoms with Crippen molar-refractivity contribution in [1.82, 2.24) is 20.3 Å². The average molecular weight is 268 g/mol. The summed E-state index contributed by atoms with van der Waals surface area (Å²) < 4.78 is 0. The van der Waals surface area contributed by atoms with Gasteiger partial charge >= 0.3 is 0 Å². The number of nitrogen functional groups attached to an aromatic ring is 1. The minimum absolute atomic E-state index is 0.0824. The van der Waals surface area contributed by atoms with Crippen LogP contribution in [0.5, 0.6) is 0 Å². The number of nitrogens with one attached hydrogen (secondary N) is 3. The van der Waals surface area contributed by atoms with Gasteiger partial charge < -0.3 is 15.5 Å². The highest BCUT2D eigenvalue weighted by atomic mass is 16.1. The van der Waals surface area contributed by atoms with Gasteiger partial charge in [0.05, 0.1) is 6.54 Å². The zero-order valence-electron chi connectivity index (χ0n) is 11.6. The number of hydrogen-bond acceptors (Lipinski definition) is 8. The quantitative estimate of drug-likeness (QED) is 0.389. The maximum Gasteiger partial charge on any atom is 0.243 e. The Labute approximate surface area is 112 Å². The Bertz CT molecular complexity index is 434. The van der Waals surface area contributed by atoms with Crippen LogP contribution >= 0.6 is 0 Å². The second-order valence-electron chi connectivity index (χ2n) is 4.40. The lowest BCUT2D eigenvalue weighted by Gasteiger charge is -2.13. The molecule has 1 aromatic rings. The van der Waals surface area contributed by atoms with E-state index in [1.807, 2.05) is 13.8 Å². The van der Waals surface area contributed by atoms with Gasteiger partial charge in [-0.25, -0.2) is 5.84 Å². The molecule has 5 N–H and O–H groups in total. The number of nitrogens with zero attached hydrogens (tertiary/aromatic N) is 4. The van der Waals surface area contributed by atoms with Gasteiger partial charge in [-0.1, -0.05) is 0 Å². The third-order valence-corrected chi connectivity index (χ3v) is 2.01. The van der Waals surface area contributed by atoms with Gasteiger partial charge in [0.15, 0.2) is 0 Å². The van der Waals surface area contributed by atoms with E-state index in [-0.39, 0.29) is 30.4 Å². The maximum atomic E-state index is 11.5. The summed E-state index contributed by atoms with van der Waals surface area (Å²) in [5.74, 6) is 6.10. The van der Waals surface area contributed by atoms with Crippen molar-refractivity contribution in [2.24, 2.45) is 5.84 Å². The highest BCUT2D eigenvalue weighted by Gasteiger charge is 2.09. The Morgan fingerprint density at radius 1 is 1.26 bits per heavy atom. The molecule has 0 aliphatic carbocycles. The van der Waals surface area contributed by atoms with E-state index < -0.39 is 0 Å². The van der Waals surface area contributed by atoms with E-state index in [1.54, 1.807) is 19.0 Å². The molecule has 106 valence electrons. The van der Waals surface area contributed by atoms with Crippen molar-refractivity contribution < 1.29 is 4.79 Å². The number of carbonyl (C=O) groups excluding carboxylic acids is 1. The number of hydrazine groups is 1. The van der Waals surface area contributed by atoms with Crippen molar-refractivity contribution in [3.8, 4) is 0 Å². The Balaban J connectivity index is 2.72. The molecule has 9 heteroatoms. The summed E-state index contributed by atoms with van der Waals surface area (Å²) in [6.07, 6.45) is 0. The topological polar surface area (TPSA) is 121 Å². The van der Waals surface area contributed by atoms with Crippen LogP contribution in [0.1, 0.15) is 13.8 Å². The number of carbonyl (C=O) groups is 1. The van der Waals surface area contributed by atoms with E-state index in [2.05, 4.69) is 31.0 Å². The molecule has 9 nitrogen and oxygen atoms in total. The van der Waals surface area contributed by atoms with Crippen molar-refractivity contribution in [3.05, 3.63) is 0 Å². The van der Waals surface area contributed by atoms with Gasteiger partial charge in [-0.15, -0.1) is 0 Å². The summed E-state index contributed by atoms with van der Waals surface area (Å²) >= 11 is 0. The maximum absolute atomic E-state index is 11.5. The molecule has 0 spiro atoms. The van der Waals surface area contributed by atoms with Crippen molar-refractivity contribution in [3.63, 3.8) is 0 Å². The first-order valence-corrected chi connectivity index (χ1v) is 5.85. The molecule has 0 aliphatic heterocycles. The monoisotopic (exact) mass is 268 g/mol. The van der Waals surface area contributed by atoms with Gasteiger partial charge in [0, 0.05) is 20.1 Å². The van der Waals surface area contributed by atoms with Crippen molar-refractivity contribution in [2.75, 3.05) is 36.3 Å². The second kappa shape index (κ2) is 6.69. The molecule has 1 amide bonds. The van der Waals surface area contributed by atoms with E-state index in [9.17, 15) is 4.79 Å². The molecular weight excluding hydrogens is 248 g/mol. The van der Waals surface area contributed by atoms with Crippen LogP contribution in [0.3, 0.4) is 0 Å². The number of anilines is 3. The fourth-order valence-electron chi connectivity index (χ4n) is 1.24. The predicted molar refractivity (Wildman–Crippen MR) is 73.7 cm³/mol. The Kier molecular flexibility index (Phi) is 5.24. The first-order valence-electron chi connectivity index (χ1n) is 5.85. The van der Waals surface area contributed by atoms with E-state index in [4.69, 9.17) is 5.84 Å². The number of amides is 1. The molecular formula is C10H20N8O. The molecule has 1 heterocycles. The summed E-state index contributed by atoms with van der Waals surface area (Å²) in [5.41, 5.74) is 2.35. The smallest absolute Gasteiger partial charge is 0.243 e. The van der Waals surface area contributed by atoms with Crippen LogP contribution in [0.4, 0.5) is 17.8 Å². The highest BCUT2D eigenvalue weighted by molar-refractivity contribution is 5.80. The molecule has 0 saturated heterocycles. The minimum atomic E-state index is -0.135. The van der Waals surface area contributed by atoms with Crippen LogP contribution in [-0.2, 0) is 4.79 Å². The fraction of sp³-hybridized carbons (Fsp3) is 0.600. The first-order chi connectivity index (χ1) is 8.92. The molecule has 0 bridgehead atoms. The van der Waals surface area contributed by atoms with Crippen LogP contribution < -0.4 is 26.8 Å². The summed E-state index contributed by atoms with van der Waals surface area (Å²) in [7, 11) is 3.59. The summed E-state index contributed by atoms with van der Waals surface area (Å²) in [6, 6.07) is 0.0891. The zero-order chi connectivity index (χ0) is 14.4. The predicted octanol–water partition coefficient (Wildman–Crippen LogP) is -0.840. The first kappa shape index (κ1) is 14.9. The second-order valence-corrected chi connectivity index (χ2v) is 4.40. The third kappa shape index (κ3) is 4.92.